The molecule has 1 aromatic heterocycles. The minimum atomic E-state index is -0.00674. The molecular formula is C22H35N2O2+. The molecule has 2 aromatic rings. The predicted octanol–water partition coefficient (Wildman–Crippen LogP) is 4.39. The highest BCUT2D eigenvalue weighted by Crippen LogP contribution is 2.41. The van der Waals surface area contributed by atoms with Gasteiger partial charge in [-0.1, -0.05) is 41.5 Å². The third-order valence-corrected chi connectivity index (χ3v) is 4.56. The smallest absolute Gasteiger partial charge is 0.243 e. The third kappa shape index (κ3) is 5.03. The van der Waals surface area contributed by atoms with Crippen LogP contribution in [0.1, 0.15) is 59.1 Å². The summed E-state index contributed by atoms with van der Waals surface area (Å²) < 4.78 is 16.2. The Balaban J connectivity index is 2.21. The van der Waals surface area contributed by atoms with Gasteiger partial charge in [-0.25, -0.2) is 9.13 Å². The summed E-state index contributed by atoms with van der Waals surface area (Å²) in [6.07, 6.45) is 7.20. The van der Waals surface area contributed by atoms with Crippen molar-refractivity contribution in [1.82, 2.24) is 4.57 Å². The maximum Gasteiger partial charge on any atom is 0.243 e. The highest BCUT2D eigenvalue weighted by atomic mass is 16.5. The second-order valence-corrected chi connectivity index (χ2v) is 9.07. The van der Waals surface area contributed by atoms with E-state index in [9.17, 15) is 0 Å². The lowest BCUT2D eigenvalue weighted by molar-refractivity contribution is -0.671. The van der Waals surface area contributed by atoms with E-state index in [0.29, 0.717) is 6.61 Å². The summed E-state index contributed by atoms with van der Waals surface area (Å²) in [6, 6.07) is 4.33. The van der Waals surface area contributed by atoms with Crippen molar-refractivity contribution >= 4 is 0 Å². The van der Waals surface area contributed by atoms with Crippen LogP contribution in [0.15, 0.2) is 30.9 Å². The molecule has 0 radical (unpaired) electrons. The van der Waals surface area contributed by atoms with E-state index in [1.807, 2.05) is 7.05 Å². The number of aromatic nitrogens is 2. The number of hydrogen-bond acceptors (Lipinski definition) is 2. The number of imidazole rings is 1. The van der Waals surface area contributed by atoms with Crippen LogP contribution >= 0.6 is 0 Å². The summed E-state index contributed by atoms with van der Waals surface area (Å²) in [5.74, 6) is 1.91. The van der Waals surface area contributed by atoms with E-state index in [2.05, 4.69) is 81.5 Å². The summed E-state index contributed by atoms with van der Waals surface area (Å²) in [5, 5.41) is 0. The normalized spacial score (nSPS) is 12.3. The average molecular weight is 360 g/mol. The third-order valence-electron chi connectivity index (χ3n) is 4.56. The van der Waals surface area contributed by atoms with Crippen molar-refractivity contribution in [1.29, 1.82) is 0 Å². The zero-order valence-electron chi connectivity index (χ0n) is 17.7. The quantitative estimate of drug-likeness (QED) is 0.565. The molecule has 0 atom stereocenters. The van der Waals surface area contributed by atoms with Crippen molar-refractivity contribution in [2.24, 2.45) is 7.05 Å². The number of benzene rings is 1. The van der Waals surface area contributed by atoms with Crippen LogP contribution < -0.4 is 14.0 Å². The number of nitrogens with zero attached hydrogens (tertiary/aromatic N) is 2. The van der Waals surface area contributed by atoms with Gasteiger partial charge in [-0.3, -0.25) is 0 Å². The molecule has 1 aromatic carbocycles. The molecule has 144 valence electrons. The van der Waals surface area contributed by atoms with Crippen LogP contribution in [0.4, 0.5) is 0 Å². The zero-order chi connectivity index (χ0) is 19.5. The van der Waals surface area contributed by atoms with E-state index >= 15 is 0 Å². The van der Waals surface area contributed by atoms with E-state index in [1.54, 1.807) is 7.11 Å². The van der Waals surface area contributed by atoms with Crippen LogP contribution in [0, 0.1) is 0 Å². The minimum absolute atomic E-state index is 0.000240. The van der Waals surface area contributed by atoms with Crippen LogP contribution in [0.25, 0.3) is 0 Å². The first-order valence-electron chi connectivity index (χ1n) is 9.39. The van der Waals surface area contributed by atoms with Gasteiger partial charge >= 0.3 is 0 Å². The van der Waals surface area contributed by atoms with Crippen LogP contribution in [0.5, 0.6) is 11.5 Å². The van der Waals surface area contributed by atoms with Crippen LogP contribution in [-0.2, 0) is 24.4 Å². The Labute approximate surface area is 158 Å². The molecule has 0 N–H and O–H groups in total. The molecule has 4 nitrogen and oxygen atoms in total. The van der Waals surface area contributed by atoms with Crippen molar-refractivity contribution in [3.8, 4) is 11.5 Å². The maximum absolute atomic E-state index is 6.25. The van der Waals surface area contributed by atoms with E-state index in [4.69, 9.17) is 9.47 Å². The standard InChI is InChI=1S/C22H35N2O2/c1-21(2,3)17-15-20(18(22(4,5)6)14-19(17)25-8)26-13-9-10-24-12-11-23(7)16-24/h11-12,14-16H,9-10,13H2,1-8H3/q+1. The van der Waals surface area contributed by atoms with E-state index < -0.39 is 0 Å². The molecule has 2 rings (SSSR count). The molecule has 0 saturated carbocycles. The summed E-state index contributed by atoms with van der Waals surface area (Å²) in [4.78, 5) is 0. The van der Waals surface area contributed by atoms with Gasteiger partial charge in [0.2, 0.25) is 6.33 Å². The molecule has 0 aliphatic heterocycles. The highest BCUT2D eigenvalue weighted by Gasteiger charge is 2.26. The van der Waals surface area contributed by atoms with Gasteiger partial charge in [0.25, 0.3) is 0 Å². The van der Waals surface area contributed by atoms with Crippen LogP contribution in [0.2, 0.25) is 0 Å². The molecular weight excluding hydrogens is 324 g/mol. The van der Waals surface area contributed by atoms with Crippen molar-refractivity contribution in [2.75, 3.05) is 13.7 Å². The Kier molecular flexibility index (Phi) is 6.05. The molecule has 1 heterocycles. The molecule has 0 saturated heterocycles. The molecule has 0 amide bonds. The van der Waals surface area contributed by atoms with Crippen molar-refractivity contribution < 1.29 is 14.0 Å². The molecule has 4 heteroatoms. The molecule has 0 spiro atoms. The Hall–Kier alpha value is -1.97. The zero-order valence-corrected chi connectivity index (χ0v) is 17.7. The van der Waals surface area contributed by atoms with Gasteiger partial charge in [0.05, 0.1) is 27.3 Å². The first-order valence-corrected chi connectivity index (χ1v) is 9.39. The lowest BCUT2D eigenvalue weighted by Gasteiger charge is -2.28. The fourth-order valence-corrected chi connectivity index (χ4v) is 3.08. The summed E-state index contributed by atoms with van der Waals surface area (Å²) in [5.41, 5.74) is 2.36. The summed E-state index contributed by atoms with van der Waals surface area (Å²) in [7, 11) is 3.78. The average Bonchev–Trinajstić information content (AvgIpc) is 2.94. The van der Waals surface area contributed by atoms with Gasteiger partial charge in [-0.05, 0) is 23.0 Å². The van der Waals surface area contributed by atoms with Gasteiger partial charge in [0, 0.05) is 17.5 Å². The number of hydrogen-bond donors (Lipinski definition) is 0. The number of rotatable bonds is 6. The number of methoxy groups -OCH3 is 1. The predicted molar refractivity (Wildman–Crippen MR) is 106 cm³/mol. The Morgan fingerprint density at radius 1 is 0.962 bits per heavy atom. The van der Waals surface area contributed by atoms with Gasteiger partial charge in [-0.15, -0.1) is 0 Å². The second kappa shape index (κ2) is 7.73. The topological polar surface area (TPSA) is 27.3 Å². The van der Waals surface area contributed by atoms with Gasteiger partial charge in [0.1, 0.15) is 23.9 Å². The number of aryl methyl sites for hydroxylation is 2. The van der Waals surface area contributed by atoms with Gasteiger partial charge < -0.3 is 9.47 Å². The first-order chi connectivity index (χ1) is 12.0. The molecule has 0 bridgehead atoms. The fraction of sp³-hybridized carbons (Fsp3) is 0.591. The lowest BCUT2D eigenvalue weighted by Crippen LogP contribution is -2.23. The maximum atomic E-state index is 6.25. The Morgan fingerprint density at radius 3 is 2.04 bits per heavy atom. The Bertz CT molecular complexity index is 734. The molecule has 0 aliphatic rings. The fourth-order valence-electron chi connectivity index (χ4n) is 3.08. The molecule has 0 fully saturated rings. The summed E-state index contributed by atoms with van der Waals surface area (Å²) in [6.45, 7) is 14.9. The van der Waals surface area contributed by atoms with E-state index in [-0.39, 0.29) is 10.8 Å². The molecule has 26 heavy (non-hydrogen) atoms. The van der Waals surface area contributed by atoms with Crippen molar-refractivity contribution in [3.63, 3.8) is 0 Å². The van der Waals surface area contributed by atoms with Crippen LogP contribution in [-0.4, -0.2) is 18.3 Å². The first kappa shape index (κ1) is 20.3. The van der Waals surface area contributed by atoms with E-state index in [0.717, 1.165) is 24.5 Å². The summed E-state index contributed by atoms with van der Waals surface area (Å²) >= 11 is 0. The lowest BCUT2D eigenvalue weighted by atomic mass is 9.81. The number of ether oxygens (including phenoxy) is 2. The SMILES string of the molecule is COc1cc(C(C)(C)C)c(OCCCn2cc[n+](C)c2)cc1C(C)(C)C. The highest BCUT2D eigenvalue weighted by molar-refractivity contribution is 5.51. The van der Waals surface area contributed by atoms with Crippen molar-refractivity contribution in [3.05, 3.63) is 42.0 Å². The van der Waals surface area contributed by atoms with Crippen molar-refractivity contribution in [2.45, 2.75) is 65.3 Å². The molecule has 0 aliphatic carbocycles. The van der Waals surface area contributed by atoms with E-state index in [1.165, 1.54) is 11.1 Å². The van der Waals surface area contributed by atoms with Gasteiger partial charge in [-0.2, -0.15) is 0 Å². The second-order valence-electron chi connectivity index (χ2n) is 9.07. The Morgan fingerprint density at radius 2 is 1.54 bits per heavy atom. The minimum Gasteiger partial charge on any atom is -0.496 e. The monoisotopic (exact) mass is 359 g/mol. The molecule has 0 unspecified atom stereocenters. The van der Waals surface area contributed by atoms with Crippen LogP contribution in [0.3, 0.4) is 0 Å². The largest absolute Gasteiger partial charge is 0.496 e. The van der Waals surface area contributed by atoms with Gasteiger partial charge in [0.15, 0.2) is 0 Å².